The molecule has 0 radical (unpaired) electrons. The van der Waals surface area contributed by atoms with Gasteiger partial charge in [-0.1, -0.05) is 12.1 Å². The molecule has 1 aromatic carbocycles. The van der Waals surface area contributed by atoms with Crippen molar-refractivity contribution in [3.63, 3.8) is 0 Å². The summed E-state index contributed by atoms with van der Waals surface area (Å²) in [6, 6.07) is 5.93. The maximum absolute atomic E-state index is 13.4. The molecule has 2 aromatic rings. The number of nitrogens with zero attached hydrogens (tertiary/aromatic N) is 1. The van der Waals surface area contributed by atoms with E-state index < -0.39 is 5.82 Å². The van der Waals surface area contributed by atoms with Gasteiger partial charge in [-0.15, -0.1) is 0 Å². The molecule has 0 aliphatic heterocycles. The van der Waals surface area contributed by atoms with E-state index in [-0.39, 0.29) is 12.4 Å². The van der Waals surface area contributed by atoms with Gasteiger partial charge in [-0.05, 0) is 17.7 Å². The SMILES string of the molecule is NCc1ccc(-c2cncc(F)c2)cc1F. The molecule has 1 aromatic heterocycles. The van der Waals surface area contributed by atoms with Crippen LogP contribution in [0.25, 0.3) is 11.1 Å². The zero-order valence-corrected chi connectivity index (χ0v) is 8.45. The zero-order valence-electron chi connectivity index (χ0n) is 8.45. The smallest absolute Gasteiger partial charge is 0.142 e. The van der Waals surface area contributed by atoms with Crippen molar-refractivity contribution in [3.8, 4) is 11.1 Å². The van der Waals surface area contributed by atoms with Crippen LogP contribution in [0.2, 0.25) is 0 Å². The Kier molecular flexibility index (Phi) is 2.92. The average molecular weight is 220 g/mol. The van der Waals surface area contributed by atoms with Gasteiger partial charge in [-0.3, -0.25) is 4.98 Å². The zero-order chi connectivity index (χ0) is 11.5. The van der Waals surface area contributed by atoms with Crippen LogP contribution in [0.3, 0.4) is 0 Å². The van der Waals surface area contributed by atoms with E-state index in [1.165, 1.54) is 18.3 Å². The monoisotopic (exact) mass is 220 g/mol. The lowest BCUT2D eigenvalue weighted by molar-refractivity contribution is 0.610. The summed E-state index contributed by atoms with van der Waals surface area (Å²) in [5.74, 6) is -0.829. The molecule has 0 aliphatic carbocycles. The predicted molar refractivity (Wildman–Crippen MR) is 57.5 cm³/mol. The lowest BCUT2D eigenvalue weighted by Crippen LogP contribution is -1.99. The van der Waals surface area contributed by atoms with Gasteiger partial charge in [0.2, 0.25) is 0 Å². The minimum atomic E-state index is -0.444. The molecule has 0 aliphatic rings. The predicted octanol–water partition coefficient (Wildman–Crippen LogP) is 2.49. The average Bonchev–Trinajstić information content (AvgIpc) is 2.29. The molecule has 0 fully saturated rings. The Balaban J connectivity index is 2.45. The molecule has 4 heteroatoms. The Morgan fingerprint density at radius 1 is 1.06 bits per heavy atom. The molecule has 0 spiro atoms. The molecule has 0 amide bonds. The highest BCUT2D eigenvalue weighted by molar-refractivity contribution is 5.62. The molecule has 0 saturated heterocycles. The van der Waals surface area contributed by atoms with Crippen LogP contribution >= 0.6 is 0 Å². The summed E-state index contributed by atoms with van der Waals surface area (Å²) in [6.07, 6.45) is 2.59. The number of benzene rings is 1. The minimum Gasteiger partial charge on any atom is -0.326 e. The van der Waals surface area contributed by atoms with Gasteiger partial charge in [-0.25, -0.2) is 8.78 Å². The standard InChI is InChI=1S/C12H10F2N2/c13-11-3-10(6-16-7-11)8-1-2-9(5-15)12(14)4-8/h1-4,6-7H,5,15H2. The highest BCUT2D eigenvalue weighted by atomic mass is 19.1. The van der Waals surface area contributed by atoms with Gasteiger partial charge in [0.05, 0.1) is 6.20 Å². The van der Waals surface area contributed by atoms with Gasteiger partial charge >= 0.3 is 0 Å². The normalized spacial score (nSPS) is 10.4. The van der Waals surface area contributed by atoms with E-state index in [0.29, 0.717) is 16.7 Å². The van der Waals surface area contributed by atoms with E-state index in [0.717, 1.165) is 6.20 Å². The lowest BCUT2D eigenvalue weighted by Gasteiger charge is -2.04. The summed E-state index contributed by atoms with van der Waals surface area (Å²) in [6.45, 7) is 0.146. The van der Waals surface area contributed by atoms with E-state index in [1.54, 1.807) is 12.1 Å². The van der Waals surface area contributed by atoms with Gasteiger partial charge in [0.25, 0.3) is 0 Å². The molecule has 0 saturated carbocycles. The number of rotatable bonds is 2. The molecule has 0 atom stereocenters. The molecule has 1 heterocycles. The van der Waals surface area contributed by atoms with Crippen LogP contribution in [-0.2, 0) is 6.54 Å². The van der Waals surface area contributed by atoms with Crippen molar-refractivity contribution in [1.29, 1.82) is 0 Å². The maximum Gasteiger partial charge on any atom is 0.142 e. The third kappa shape index (κ3) is 2.06. The summed E-state index contributed by atoms with van der Waals surface area (Å²) in [5.41, 5.74) is 6.92. The van der Waals surface area contributed by atoms with E-state index in [4.69, 9.17) is 5.73 Å². The van der Waals surface area contributed by atoms with Crippen LogP contribution in [-0.4, -0.2) is 4.98 Å². The number of hydrogen-bond acceptors (Lipinski definition) is 2. The number of hydrogen-bond donors (Lipinski definition) is 1. The first-order valence-corrected chi connectivity index (χ1v) is 4.80. The van der Waals surface area contributed by atoms with Crippen molar-refractivity contribution >= 4 is 0 Å². The molecule has 0 bridgehead atoms. The van der Waals surface area contributed by atoms with Gasteiger partial charge < -0.3 is 5.73 Å². The first-order chi connectivity index (χ1) is 7.70. The van der Waals surface area contributed by atoms with Crippen LogP contribution < -0.4 is 5.73 Å². The van der Waals surface area contributed by atoms with Gasteiger partial charge in [0.1, 0.15) is 11.6 Å². The van der Waals surface area contributed by atoms with E-state index in [1.807, 2.05) is 0 Å². The summed E-state index contributed by atoms with van der Waals surface area (Å²) >= 11 is 0. The maximum atomic E-state index is 13.4. The summed E-state index contributed by atoms with van der Waals surface area (Å²) in [7, 11) is 0. The quantitative estimate of drug-likeness (QED) is 0.844. The van der Waals surface area contributed by atoms with Crippen molar-refractivity contribution in [2.24, 2.45) is 5.73 Å². The Labute approximate surface area is 91.7 Å². The third-order valence-electron chi connectivity index (χ3n) is 2.31. The fraction of sp³-hybridized carbons (Fsp3) is 0.0833. The minimum absolute atomic E-state index is 0.146. The second-order valence-electron chi connectivity index (χ2n) is 3.40. The Hall–Kier alpha value is -1.81. The first-order valence-electron chi connectivity index (χ1n) is 4.80. The second-order valence-corrected chi connectivity index (χ2v) is 3.40. The van der Waals surface area contributed by atoms with Crippen LogP contribution in [0.5, 0.6) is 0 Å². The molecule has 16 heavy (non-hydrogen) atoms. The van der Waals surface area contributed by atoms with Crippen LogP contribution in [0.15, 0.2) is 36.7 Å². The first kappa shape index (κ1) is 10.7. The van der Waals surface area contributed by atoms with Crippen LogP contribution in [0.1, 0.15) is 5.56 Å². The molecular weight excluding hydrogens is 210 g/mol. The highest BCUT2D eigenvalue weighted by Gasteiger charge is 2.04. The van der Waals surface area contributed by atoms with E-state index >= 15 is 0 Å². The fourth-order valence-electron chi connectivity index (χ4n) is 1.46. The van der Waals surface area contributed by atoms with Crippen molar-refractivity contribution in [2.45, 2.75) is 6.54 Å². The topological polar surface area (TPSA) is 38.9 Å². The van der Waals surface area contributed by atoms with Crippen LogP contribution in [0.4, 0.5) is 8.78 Å². The van der Waals surface area contributed by atoms with Gasteiger partial charge in [0, 0.05) is 23.9 Å². The Morgan fingerprint density at radius 2 is 1.88 bits per heavy atom. The summed E-state index contributed by atoms with van der Waals surface area (Å²) < 4.78 is 26.4. The van der Waals surface area contributed by atoms with E-state index in [2.05, 4.69) is 4.98 Å². The molecular formula is C12H10F2N2. The molecule has 0 unspecified atom stereocenters. The number of aromatic nitrogens is 1. The van der Waals surface area contributed by atoms with Crippen molar-refractivity contribution in [2.75, 3.05) is 0 Å². The number of pyridine rings is 1. The van der Waals surface area contributed by atoms with Gasteiger partial charge in [-0.2, -0.15) is 0 Å². The van der Waals surface area contributed by atoms with Crippen LogP contribution in [0, 0.1) is 11.6 Å². The molecule has 82 valence electrons. The van der Waals surface area contributed by atoms with E-state index in [9.17, 15) is 8.78 Å². The lowest BCUT2D eigenvalue weighted by atomic mass is 10.1. The molecule has 2 N–H and O–H groups in total. The summed E-state index contributed by atoms with van der Waals surface area (Å²) in [4.78, 5) is 3.71. The van der Waals surface area contributed by atoms with Crippen molar-refractivity contribution in [3.05, 3.63) is 53.9 Å². The third-order valence-corrected chi connectivity index (χ3v) is 2.31. The highest BCUT2D eigenvalue weighted by Crippen LogP contribution is 2.21. The van der Waals surface area contributed by atoms with Crippen molar-refractivity contribution < 1.29 is 8.78 Å². The second kappa shape index (κ2) is 4.37. The molecule has 2 nitrogen and oxygen atoms in total. The number of halogens is 2. The molecule has 2 rings (SSSR count). The Bertz CT molecular complexity index is 512. The Morgan fingerprint density at radius 3 is 2.50 bits per heavy atom. The van der Waals surface area contributed by atoms with Crippen molar-refractivity contribution in [1.82, 2.24) is 4.98 Å². The fourth-order valence-corrected chi connectivity index (χ4v) is 1.46. The largest absolute Gasteiger partial charge is 0.326 e. The van der Waals surface area contributed by atoms with Gasteiger partial charge in [0.15, 0.2) is 0 Å². The summed E-state index contributed by atoms with van der Waals surface area (Å²) in [5, 5.41) is 0. The number of nitrogens with two attached hydrogens (primary N) is 1.